The van der Waals surface area contributed by atoms with Gasteiger partial charge in [0.05, 0.1) is 37.1 Å². The Morgan fingerprint density at radius 1 is 0.927 bits per heavy atom. The highest BCUT2D eigenvalue weighted by molar-refractivity contribution is 7.83. The maximum absolute atomic E-state index is 14.2. The van der Waals surface area contributed by atoms with Crippen LogP contribution in [0.15, 0.2) is 36.4 Å². The number of benzene rings is 2. The van der Waals surface area contributed by atoms with Crippen LogP contribution in [-0.4, -0.2) is 98.9 Å². The number of likely N-dealkylation sites (N-methyl/N-ethyl adjacent to an activating group) is 1. The largest absolute Gasteiger partial charge is 0.493 e. The van der Waals surface area contributed by atoms with E-state index in [1.165, 1.54) is 12.0 Å². The first-order valence-corrected chi connectivity index (χ1v) is 15.5. The molecule has 222 valence electrons. The standard InChI is InChI=1S/C29H38N4O7S/c1-4-30-14-16-31(17-15-30)23-7-5-6-22-27(23)29(35)33(28(22)34)24(21-8-9-25(39-2)26(19-21)40-3)18-20-10-12-32(13-11-20)41(36,37)38/h5-9,19-20,24H,4,10-18H2,1-3H3,(H,36,37,38). The Bertz CT molecular complexity index is 1400. The Labute approximate surface area is 241 Å². The summed E-state index contributed by atoms with van der Waals surface area (Å²) in [7, 11) is -1.18. The van der Waals surface area contributed by atoms with Crippen LogP contribution in [0.1, 0.15) is 58.5 Å². The molecule has 41 heavy (non-hydrogen) atoms. The van der Waals surface area contributed by atoms with Crippen molar-refractivity contribution in [3.05, 3.63) is 53.1 Å². The number of fused-ring (bicyclic) bond motifs is 1. The predicted octanol–water partition coefficient (Wildman–Crippen LogP) is 3.09. The van der Waals surface area contributed by atoms with Gasteiger partial charge >= 0.3 is 10.3 Å². The van der Waals surface area contributed by atoms with Gasteiger partial charge in [-0.15, -0.1) is 0 Å². The van der Waals surface area contributed by atoms with Crippen LogP contribution < -0.4 is 14.4 Å². The van der Waals surface area contributed by atoms with Crippen LogP contribution >= 0.6 is 0 Å². The third-order valence-corrected chi connectivity index (χ3v) is 9.66. The topological polar surface area (TPSA) is 120 Å². The molecule has 0 radical (unpaired) electrons. The number of imide groups is 1. The van der Waals surface area contributed by atoms with Crippen LogP contribution in [0.3, 0.4) is 0 Å². The summed E-state index contributed by atoms with van der Waals surface area (Å²) in [5.74, 6) is 0.384. The molecule has 2 aromatic carbocycles. The summed E-state index contributed by atoms with van der Waals surface area (Å²) in [6.07, 6.45) is 1.45. The number of amides is 2. The highest BCUT2D eigenvalue weighted by atomic mass is 32.2. The number of carbonyl (C=O) groups is 2. The maximum Gasteiger partial charge on any atom is 0.335 e. The van der Waals surface area contributed by atoms with E-state index >= 15 is 0 Å². The molecule has 0 saturated carbocycles. The average Bonchev–Trinajstić information content (AvgIpc) is 3.24. The average molecular weight is 587 g/mol. The van der Waals surface area contributed by atoms with Crippen LogP contribution in [0, 0.1) is 5.92 Å². The number of nitrogens with zero attached hydrogens (tertiary/aromatic N) is 4. The third-order valence-electron chi connectivity index (χ3n) is 8.64. The molecule has 1 atom stereocenters. The maximum atomic E-state index is 14.2. The molecule has 0 spiro atoms. The fraction of sp³-hybridized carbons (Fsp3) is 0.517. The zero-order valence-electron chi connectivity index (χ0n) is 23.8. The number of piperazine rings is 1. The highest BCUT2D eigenvalue weighted by Crippen LogP contribution is 2.42. The molecule has 0 aromatic heterocycles. The van der Waals surface area contributed by atoms with Gasteiger partial charge in [0.2, 0.25) is 0 Å². The van der Waals surface area contributed by atoms with Crippen molar-refractivity contribution in [1.82, 2.24) is 14.1 Å². The molecule has 2 amide bonds. The molecule has 1 N–H and O–H groups in total. The van der Waals surface area contributed by atoms with E-state index in [9.17, 15) is 22.6 Å². The van der Waals surface area contributed by atoms with E-state index in [1.807, 2.05) is 18.2 Å². The zero-order valence-corrected chi connectivity index (χ0v) is 24.6. The molecule has 2 aromatic rings. The number of carbonyl (C=O) groups excluding carboxylic acids is 2. The highest BCUT2D eigenvalue weighted by Gasteiger charge is 2.44. The van der Waals surface area contributed by atoms with Crippen LogP contribution in [0.25, 0.3) is 0 Å². The van der Waals surface area contributed by atoms with Gasteiger partial charge in [-0.1, -0.05) is 19.1 Å². The monoisotopic (exact) mass is 586 g/mol. The zero-order chi connectivity index (χ0) is 29.3. The fourth-order valence-electron chi connectivity index (χ4n) is 6.28. The molecule has 5 rings (SSSR count). The molecule has 0 bridgehead atoms. The normalized spacial score (nSPS) is 19.9. The summed E-state index contributed by atoms with van der Waals surface area (Å²) in [4.78, 5) is 34.1. The summed E-state index contributed by atoms with van der Waals surface area (Å²) < 4.78 is 44.8. The van der Waals surface area contributed by atoms with Crippen molar-refractivity contribution >= 4 is 27.8 Å². The van der Waals surface area contributed by atoms with E-state index < -0.39 is 16.3 Å². The minimum atomic E-state index is -4.26. The Kier molecular flexibility index (Phi) is 8.55. The second-order valence-electron chi connectivity index (χ2n) is 10.8. The first kappa shape index (κ1) is 29.3. The van der Waals surface area contributed by atoms with E-state index in [-0.39, 0.29) is 30.8 Å². The van der Waals surface area contributed by atoms with Gasteiger partial charge in [-0.25, -0.2) is 0 Å². The lowest BCUT2D eigenvalue weighted by Crippen LogP contribution is -2.46. The number of piperidine rings is 1. The molecule has 3 aliphatic heterocycles. The van der Waals surface area contributed by atoms with Gasteiger partial charge in [-0.05, 0) is 61.6 Å². The number of rotatable bonds is 9. The summed E-state index contributed by atoms with van der Waals surface area (Å²) in [6.45, 7) is 6.80. The first-order chi connectivity index (χ1) is 19.7. The van der Waals surface area contributed by atoms with E-state index in [2.05, 4.69) is 16.7 Å². The first-order valence-electron chi connectivity index (χ1n) is 14.1. The Balaban J connectivity index is 1.48. The van der Waals surface area contributed by atoms with Crippen LogP contribution in [0.4, 0.5) is 5.69 Å². The van der Waals surface area contributed by atoms with Crippen LogP contribution in [0.5, 0.6) is 11.5 Å². The molecule has 3 heterocycles. The molecule has 3 aliphatic rings. The lowest BCUT2D eigenvalue weighted by atomic mass is 9.87. The SMILES string of the molecule is CCN1CCN(c2cccc3c2C(=O)N(C(CC2CCN(S(=O)(=O)O)CC2)c2ccc(OC)c(OC)c2)C3=O)CC1. The summed E-state index contributed by atoms with van der Waals surface area (Å²) in [6, 6.07) is 10.3. The van der Waals surface area contributed by atoms with Crippen molar-refractivity contribution in [1.29, 1.82) is 0 Å². The van der Waals surface area contributed by atoms with Gasteiger partial charge in [0.25, 0.3) is 11.8 Å². The summed E-state index contributed by atoms with van der Waals surface area (Å²) in [5, 5.41) is 0. The van der Waals surface area contributed by atoms with Crippen molar-refractivity contribution in [3.8, 4) is 11.5 Å². The Morgan fingerprint density at radius 3 is 2.22 bits per heavy atom. The number of anilines is 1. The van der Waals surface area contributed by atoms with E-state index in [0.717, 1.165) is 48.3 Å². The lowest BCUT2D eigenvalue weighted by Gasteiger charge is -2.36. The van der Waals surface area contributed by atoms with Crippen molar-refractivity contribution in [2.75, 3.05) is 64.9 Å². The Hall–Kier alpha value is -3.19. The molecule has 1 unspecified atom stereocenters. The van der Waals surface area contributed by atoms with Gasteiger partial charge in [0.15, 0.2) is 11.5 Å². The van der Waals surface area contributed by atoms with Crippen molar-refractivity contribution in [2.45, 2.75) is 32.2 Å². The van der Waals surface area contributed by atoms with Gasteiger partial charge in [0.1, 0.15) is 0 Å². The molecule has 0 aliphatic carbocycles. The molecular formula is C29H38N4O7S. The van der Waals surface area contributed by atoms with Crippen molar-refractivity contribution < 1.29 is 32.0 Å². The van der Waals surface area contributed by atoms with E-state index in [4.69, 9.17) is 9.47 Å². The van der Waals surface area contributed by atoms with Gasteiger partial charge in [-0.3, -0.25) is 19.0 Å². The quantitative estimate of drug-likeness (QED) is 0.349. The summed E-state index contributed by atoms with van der Waals surface area (Å²) >= 11 is 0. The summed E-state index contributed by atoms with van der Waals surface area (Å²) in [5.41, 5.74) is 2.35. The molecular weight excluding hydrogens is 548 g/mol. The predicted molar refractivity (Wildman–Crippen MR) is 154 cm³/mol. The number of hydrogen-bond donors (Lipinski definition) is 1. The second kappa shape index (κ2) is 12.0. The van der Waals surface area contributed by atoms with Gasteiger partial charge < -0.3 is 19.3 Å². The smallest absolute Gasteiger partial charge is 0.335 e. The minimum absolute atomic E-state index is 0.0250. The fourth-order valence-corrected chi connectivity index (χ4v) is 6.95. The van der Waals surface area contributed by atoms with Gasteiger partial charge in [0, 0.05) is 39.3 Å². The van der Waals surface area contributed by atoms with Gasteiger partial charge in [-0.2, -0.15) is 12.7 Å². The third kappa shape index (κ3) is 5.78. The molecule has 12 heteroatoms. The van der Waals surface area contributed by atoms with E-state index in [1.54, 1.807) is 25.3 Å². The van der Waals surface area contributed by atoms with E-state index in [0.29, 0.717) is 41.9 Å². The van der Waals surface area contributed by atoms with Crippen LogP contribution in [-0.2, 0) is 10.3 Å². The van der Waals surface area contributed by atoms with Crippen molar-refractivity contribution in [3.63, 3.8) is 0 Å². The Morgan fingerprint density at radius 2 is 1.61 bits per heavy atom. The number of ether oxygens (including phenoxy) is 2. The number of hydrogen-bond acceptors (Lipinski definition) is 8. The molecule has 2 saturated heterocycles. The van der Waals surface area contributed by atoms with Crippen LogP contribution in [0.2, 0.25) is 0 Å². The van der Waals surface area contributed by atoms with Crippen molar-refractivity contribution in [2.24, 2.45) is 5.92 Å². The molecule has 2 fully saturated rings. The minimum Gasteiger partial charge on any atom is -0.493 e. The second-order valence-corrected chi connectivity index (χ2v) is 12.2. The molecule has 11 nitrogen and oxygen atoms in total. The number of methoxy groups -OCH3 is 2. The lowest BCUT2D eigenvalue weighted by molar-refractivity contribution is 0.0549.